The van der Waals surface area contributed by atoms with Crippen molar-refractivity contribution in [1.29, 1.82) is 0 Å². The van der Waals surface area contributed by atoms with E-state index in [9.17, 15) is 0 Å². The van der Waals surface area contributed by atoms with E-state index in [2.05, 4.69) is 44.3 Å². The van der Waals surface area contributed by atoms with Crippen molar-refractivity contribution in [1.82, 2.24) is 10.2 Å². The summed E-state index contributed by atoms with van der Waals surface area (Å²) in [4.78, 5) is 2.67. The van der Waals surface area contributed by atoms with Crippen LogP contribution in [0.25, 0.3) is 0 Å². The molecule has 2 nitrogen and oxygen atoms in total. The molecule has 0 amide bonds. The summed E-state index contributed by atoms with van der Waals surface area (Å²) >= 11 is 1.98. The van der Waals surface area contributed by atoms with E-state index in [1.165, 1.54) is 25.9 Å². The molecule has 4 unspecified atom stereocenters. The number of hydrogen-bond acceptors (Lipinski definition) is 3. The number of hydrogen-bond donors (Lipinski definition) is 1. The molecule has 3 heteroatoms. The van der Waals surface area contributed by atoms with E-state index >= 15 is 0 Å². The molecule has 1 N–H and O–H groups in total. The van der Waals surface area contributed by atoms with Crippen LogP contribution in [0.5, 0.6) is 0 Å². The van der Waals surface area contributed by atoms with E-state index in [-0.39, 0.29) is 0 Å². The lowest BCUT2D eigenvalue weighted by Crippen LogP contribution is -2.52. The highest BCUT2D eigenvalue weighted by molar-refractivity contribution is 7.99. The van der Waals surface area contributed by atoms with Crippen LogP contribution in [0, 0.1) is 5.92 Å². The predicted molar refractivity (Wildman–Crippen MR) is 75.3 cm³/mol. The van der Waals surface area contributed by atoms with E-state index in [0.717, 1.165) is 17.2 Å². The predicted octanol–water partition coefficient (Wildman–Crippen LogP) is 2.45. The van der Waals surface area contributed by atoms with Gasteiger partial charge >= 0.3 is 0 Å². The molecule has 16 heavy (non-hydrogen) atoms. The number of nitrogens with one attached hydrogen (secondary N) is 1. The lowest BCUT2D eigenvalue weighted by atomic mass is 9.87. The van der Waals surface area contributed by atoms with Gasteiger partial charge in [-0.1, -0.05) is 13.8 Å². The number of rotatable bonds is 5. The van der Waals surface area contributed by atoms with Gasteiger partial charge in [0.15, 0.2) is 0 Å². The Hall–Kier alpha value is 0.270. The zero-order valence-corrected chi connectivity index (χ0v) is 12.3. The summed E-state index contributed by atoms with van der Waals surface area (Å²) < 4.78 is 0. The van der Waals surface area contributed by atoms with E-state index < -0.39 is 0 Å². The van der Waals surface area contributed by atoms with Crippen molar-refractivity contribution in [2.45, 2.75) is 50.9 Å². The molecule has 0 bridgehead atoms. The first-order chi connectivity index (χ1) is 7.60. The fourth-order valence-electron chi connectivity index (χ4n) is 2.63. The molecule has 0 saturated carbocycles. The molecule has 1 fully saturated rings. The van der Waals surface area contributed by atoms with E-state index in [0.29, 0.717) is 6.04 Å². The van der Waals surface area contributed by atoms with Gasteiger partial charge in [0.1, 0.15) is 0 Å². The second-order valence-electron chi connectivity index (χ2n) is 5.15. The first-order valence-corrected chi connectivity index (χ1v) is 7.83. The molecule has 96 valence electrons. The maximum absolute atomic E-state index is 3.45. The Balaban J connectivity index is 2.39. The van der Waals surface area contributed by atoms with Crippen LogP contribution in [0.1, 0.15) is 33.6 Å². The summed E-state index contributed by atoms with van der Waals surface area (Å²) in [6, 6.07) is 1.43. The van der Waals surface area contributed by atoms with Crippen molar-refractivity contribution in [3.05, 3.63) is 0 Å². The van der Waals surface area contributed by atoms with Crippen LogP contribution in [-0.4, -0.2) is 48.6 Å². The molecule has 4 atom stereocenters. The molecule has 1 aliphatic rings. The van der Waals surface area contributed by atoms with Crippen LogP contribution >= 0.6 is 11.8 Å². The summed E-state index contributed by atoms with van der Waals surface area (Å²) in [6.07, 6.45) is 4.84. The SMILES string of the molecule is CNC1CCN(CCC(C)SC)C(C)C1C. The Morgan fingerprint density at radius 3 is 2.69 bits per heavy atom. The zero-order valence-electron chi connectivity index (χ0n) is 11.5. The van der Waals surface area contributed by atoms with Gasteiger partial charge in [-0.25, -0.2) is 0 Å². The van der Waals surface area contributed by atoms with Gasteiger partial charge in [-0.15, -0.1) is 0 Å². The minimum atomic E-state index is 0.712. The lowest BCUT2D eigenvalue weighted by Gasteiger charge is -2.43. The fourth-order valence-corrected chi connectivity index (χ4v) is 2.97. The molecule has 0 aromatic rings. The standard InChI is InChI=1S/C13H28N2S/c1-10(16-5)6-8-15-9-7-13(14-4)11(2)12(15)3/h10-14H,6-9H2,1-5H3. The van der Waals surface area contributed by atoms with Gasteiger partial charge < -0.3 is 10.2 Å². The van der Waals surface area contributed by atoms with Gasteiger partial charge in [0.25, 0.3) is 0 Å². The smallest absolute Gasteiger partial charge is 0.0117 e. The molecule has 0 aromatic heterocycles. The first-order valence-electron chi connectivity index (χ1n) is 6.54. The Morgan fingerprint density at radius 2 is 2.12 bits per heavy atom. The topological polar surface area (TPSA) is 15.3 Å². The Labute approximate surface area is 106 Å². The zero-order chi connectivity index (χ0) is 12.1. The number of likely N-dealkylation sites (tertiary alicyclic amines) is 1. The molecule has 1 saturated heterocycles. The summed E-state index contributed by atoms with van der Waals surface area (Å²) in [5.41, 5.74) is 0. The van der Waals surface area contributed by atoms with Gasteiger partial charge in [0.05, 0.1) is 0 Å². The summed E-state index contributed by atoms with van der Waals surface area (Å²) in [5.74, 6) is 0.767. The van der Waals surface area contributed by atoms with Gasteiger partial charge in [-0.2, -0.15) is 11.8 Å². The molecule has 0 spiro atoms. The first kappa shape index (κ1) is 14.3. The van der Waals surface area contributed by atoms with Crippen LogP contribution < -0.4 is 5.32 Å². The molecule has 1 rings (SSSR count). The second-order valence-corrected chi connectivity index (χ2v) is 6.43. The highest BCUT2D eigenvalue weighted by Gasteiger charge is 2.31. The minimum Gasteiger partial charge on any atom is -0.317 e. The van der Waals surface area contributed by atoms with Crippen LogP contribution in [0.3, 0.4) is 0 Å². The maximum atomic E-state index is 3.45. The van der Waals surface area contributed by atoms with Gasteiger partial charge in [0.2, 0.25) is 0 Å². The monoisotopic (exact) mass is 244 g/mol. The Kier molecular flexibility index (Phi) is 6.16. The van der Waals surface area contributed by atoms with Crippen molar-refractivity contribution in [3.63, 3.8) is 0 Å². The van der Waals surface area contributed by atoms with Gasteiger partial charge in [-0.05, 0) is 52.1 Å². The number of nitrogens with zero attached hydrogens (tertiary/aromatic N) is 1. The summed E-state index contributed by atoms with van der Waals surface area (Å²) in [7, 11) is 2.10. The van der Waals surface area contributed by atoms with Crippen LogP contribution in [0.4, 0.5) is 0 Å². The van der Waals surface area contributed by atoms with E-state index in [1.807, 2.05) is 11.8 Å². The normalized spacial score (nSPS) is 33.9. The third-order valence-corrected chi connectivity index (χ3v) is 5.34. The molecule has 0 aliphatic carbocycles. The molecule has 1 aliphatic heterocycles. The fraction of sp³-hybridized carbons (Fsp3) is 1.00. The molecule has 0 radical (unpaired) electrons. The largest absolute Gasteiger partial charge is 0.317 e. The highest BCUT2D eigenvalue weighted by atomic mass is 32.2. The summed E-state index contributed by atoms with van der Waals surface area (Å²) in [6.45, 7) is 9.63. The molecule has 1 heterocycles. The van der Waals surface area contributed by atoms with Gasteiger partial charge in [0, 0.05) is 17.3 Å². The minimum absolute atomic E-state index is 0.712. The van der Waals surface area contributed by atoms with Crippen molar-refractivity contribution >= 4 is 11.8 Å². The van der Waals surface area contributed by atoms with Crippen LogP contribution in [0.15, 0.2) is 0 Å². The summed E-state index contributed by atoms with van der Waals surface area (Å²) in [5, 5.41) is 4.25. The van der Waals surface area contributed by atoms with Crippen molar-refractivity contribution in [2.24, 2.45) is 5.92 Å². The quantitative estimate of drug-likeness (QED) is 0.800. The van der Waals surface area contributed by atoms with Crippen molar-refractivity contribution in [3.8, 4) is 0 Å². The van der Waals surface area contributed by atoms with Crippen molar-refractivity contribution < 1.29 is 0 Å². The van der Waals surface area contributed by atoms with Crippen LogP contribution in [0.2, 0.25) is 0 Å². The average molecular weight is 244 g/mol. The van der Waals surface area contributed by atoms with E-state index in [4.69, 9.17) is 0 Å². The Bertz CT molecular complexity index is 198. The number of thioether (sulfide) groups is 1. The third kappa shape index (κ3) is 3.64. The van der Waals surface area contributed by atoms with Gasteiger partial charge in [-0.3, -0.25) is 0 Å². The molecular formula is C13H28N2S. The molecule has 0 aromatic carbocycles. The van der Waals surface area contributed by atoms with E-state index in [1.54, 1.807) is 0 Å². The highest BCUT2D eigenvalue weighted by Crippen LogP contribution is 2.24. The number of piperidine rings is 1. The maximum Gasteiger partial charge on any atom is 0.0117 e. The average Bonchev–Trinajstić information content (AvgIpc) is 2.30. The lowest BCUT2D eigenvalue weighted by molar-refractivity contribution is 0.0869. The van der Waals surface area contributed by atoms with Crippen molar-refractivity contribution in [2.75, 3.05) is 26.4 Å². The van der Waals surface area contributed by atoms with Crippen LogP contribution in [-0.2, 0) is 0 Å². The second kappa shape index (κ2) is 6.87. The Morgan fingerprint density at radius 1 is 1.44 bits per heavy atom. The molecular weight excluding hydrogens is 216 g/mol. The third-order valence-electron chi connectivity index (χ3n) is 4.29.